The van der Waals surface area contributed by atoms with Crippen LogP contribution < -0.4 is 5.73 Å². The van der Waals surface area contributed by atoms with Crippen molar-refractivity contribution in [2.45, 2.75) is 32.2 Å². The number of likely N-dealkylation sites (tertiary alicyclic amines) is 1. The Bertz CT molecular complexity index is 767. The number of carbonyl (C=O) groups excluding carboxylic acids is 2. The molecule has 2 aromatic carbocycles. The Morgan fingerprint density at radius 2 is 1.67 bits per heavy atom. The third kappa shape index (κ3) is 3.04. The highest BCUT2D eigenvalue weighted by Crippen LogP contribution is 2.34. The van der Waals surface area contributed by atoms with E-state index in [-0.39, 0.29) is 11.9 Å². The van der Waals surface area contributed by atoms with E-state index in [0.717, 1.165) is 13.0 Å². The smallest absolute Gasteiger partial charge is 0.254 e. The normalized spacial score (nSPS) is 20.2. The van der Waals surface area contributed by atoms with E-state index in [0.29, 0.717) is 17.0 Å². The molecule has 0 radical (unpaired) electrons. The lowest BCUT2D eigenvalue weighted by molar-refractivity contribution is 0.0745. The van der Waals surface area contributed by atoms with Gasteiger partial charge in [0.2, 0.25) is 5.91 Å². The summed E-state index contributed by atoms with van der Waals surface area (Å²) >= 11 is 0. The van der Waals surface area contributed by atoms with E-state index in [1.54, 1.807) is 24.3 Å². The first-order valence-electron chi connectivity index (χ1n) is 8.23. The van der Waals surface area contributed by atoms with Gasteiger partial charge in [-0.2, -0.15) is 0 Å². The van der Waals surface area contributed by atoms with E-state index in [9.17, 15) is 9.59 Å². The van der Waals surface area contributed by atoms with Crippen molar-refractivity contribution < 1.29 is 9.59 Å². The Balaban J connectivity index is 1.78. The van der Waals surface area contributed by atoms with Gasteiger partial charge in [-0.25, -0.2) is 0 Å². The molecule has 2 atom stereocenters. The third-order valence-corrected chi connectivity index (χ3v) is 4.88. The van der Waals surface area contributed by atoms with Gasteiger partial charge in [-0.05, 0) is 55.7 Å². The van der Waals surface area contributed by atoms with Gasteiger partial charge in [0.05, 0.1) is 0 Å². The Hall–Kier alpha value is -2.62. The van der Waals surface area contributed by atoms with E-state index in [1.807, 2.05) is 11.0 Å². The van der Waals surface area contributed by atoms with Crippen LogP contribution in [0.15, 0.2) is 48.5 Å². The van der Waals surface area contributed by atoms with E-state index in [4.69, 9.17) is 5.73 Å². The number of primary amides is 1. The first kappa shape index (κ1) is 16.2. The number of carbonyl (C=O) groups is 2. The number of nitrogens with two attached hydrogens (primary N) is 1. The van der Waals surface area contributed by atoms with Crippen LogP contribution in [-0.2, 0) is 0 Å². The third-order valence-electron chi connectivity index (χ3n) is 4.88. The Kier molecular flexibility index (Phi) is 4.38. The van der Waals surface area contributed by atoms with Crippen molar-refractivity contribution in [2.75, 3.05) is 6.54 Å². The summed E-state index contributed by atoms with van der Waals surface area (Å²) in [5.41, 5.74) is 8.85. The zero-order valence-corrected chi connectivity index (χ0v) is 14.0. The highest BCUT2D eigenvalue weighted by Gasteiger charge is 2.34. The SMILES string of the molecule is Cc1ccccc1C1CC(C)N(C(=O)c2ccc(C(N)=O)cc2)C1. The molecule has 124 valence electrons. The van der Waals surface area contributed by atoms with Gasteiger partial charge in [0.15, 0.2) is 0 Å². The number of benzene rings is 2. The van der Waals surface area contributed by atoms with Crippen LogP contribution in [0.25, 0.3) is 0 Å². The molecular weight excluding hydrogens is 300 g/mol. The van der Waals surface area contributed by atoms with Gasteiger partial charge in [-0.15, -0.1) is 0 Å². The summed E-state index contributed by atoms with van der Waals surface area (Å²) in [5.74, 6) is -0.104. The minimum atomic E-state index is -0.483. The standard InChI is InChI=1S/C20H22N2O2/c1-13-5-3-4-6-18(13)17-11-14(2)22(12-17)20(24)16-9-7-15(8-10-16)19(21)23/h3-10,14,17H,11-12H2,1-2H3,(H2,21,23). The molecule has 0 spiro atoms. The number of amides is 2. The van der Waals surface area contributed by atoms with Crippen LogP contribution in [0.5, 0.6) is 0 Å². The topological polar surface area (TPSA) is 63.4 Å². The highest BCUT2D eigenvalue weighted by atomic mass is 16.2. The van der Waals surface area contributed by atoms with Crippen LogP contribution in [0.2, 0.25) is 0 Å². The summed E-state index contributed by atoms with van der Waals surface area (Å²) in [7, 11) is 0. The van der Waals surface area contributed by atoms with Crippen molar-refractivity contribution in [1.82, 2.24) is 4.90 Å². The van der Waals surface area contributed by atoms with Crippen LogP contribution in [0, 0.1) is 6.92 Å². The predicted octanol–water partition coefficient (Wildman–Crippen LogP) is 3.11. The monoisotopic (exact) mass is 322 g/mol. The van der Waals surface area contributed by atoms with Gasteiger partial charge in [-0.3, -0.25) is 9.59 Å². The number of nitrogens with zero attached hydrogens (tertiary/aromatic N) is 1. The van der Waals surface area contributed by atoms with Crippen LogP contribution >= 0.6 is 0 Å². The molecule has 2 N–H and O–H groups in total. The van der Waals surface area contributed by atoms with Crippen LogP contribution in [0.3, 0.4) is 0 Å². The number of hydrogen-bond acceptors (Lipinski definition) is 2. The molecule has 1 aliphatic rings. The maximum Gasteiger partial charge on any atom is 0.254 e. The zero-order chi connectivity index (χ0) is 17.3. The first-order chi connectivity index (χ1) is 11.5. The van der Waals surface area contributed by atoms with Gasteiger partial charge in [-0.1, -0.05) is 24.3 Å². The average molecular weight is 322 g/mol. The van der Waals surface area contributed by atoms with Crippen LogP contribution in [-0.4, -0.2) is 29.3 Å². The summed E-state index contributed by atoms with van der Waals surface area (Å²) in [6.07, 6.45) is 0.968. The lowest BCUT2D eigenvalue weighted by Gasteiger charge is -2.21. The molecule has 1 aliphatic heterocycles. The van der Waals surface area contributed by atoms with Crippen LogP contribution in [0.1, 0.15) is 51.1 Å². The minimum absolute atomic E-state index is 0.00889. The number of aryl methyl sites for hydroxylation is 1. The predicted molar refractivity (Wildman–Crippen MR) is 94.0 cm³/mol. The number of rotatable bonds is 3. The maximum atomic E-state index is 12.8. The van der Waals surface area contributed by atoms with Crippen molar-refractivity contribution in [3.63, 3.8) is 0 Å². The zero-order valence-electron chi connectivity index (χ0n) is 14.0. The van der Waals surface area contributed by atoms with Gasteiger partial charge >= 0.3 is 0 Å². The fourth-order valence-electron chi connectivity index (χ4n) is 3.53. The molecule has 3 rings (SSSR count). The summed E-state index contributed by atoms with van der Waals surface area (Å²) in [6.45, 7) is 4.93. The quantitative estimate of drug-likeness (QED) is 0.943. The van der Waals surface area contributed by atoms with Crippen molar-refractivity contribution in [3.8, 4) is 0 Å². The second-order valence-corrected chi connectivity index (χ2v) is 6.54. The lowest BCUT2D eigenvalue weighted by atomic mass is 9.93. The molecule has 4 heteroatoms. The molecule has 0 aromatic heterocycles. The van der Waals surface area contributed by atoms with Crippen molar-refractivity contribution >= 4 is 11.8 Å². The largest absolute Gasteiger partial charge is 0.366 e. The Morgan fingerprint density at radius 3 is 2.29 bits per heavy atom. The van der Waals surface area contributed by atoms with Crippen molar-refractivity contribution in [3.05, 3.63) is 70.8 Å². The molecule has 1 heterocycles. The molecular formula is C20H22N2O2. The Labute approximate surface area is 142 Å². The van der Waals surface area contributed by atoms with Crippen molar-refractivity contribution in [1.29, 1.82) is 0 Å². The highest BCUT2D eigenvalue weighted by molar-refractivity contribution is 5.97. The second kappa shape index (κ2) is 6.48. The fraction of sp³-hybridized carbons (Fsp3) is 0.300. The van der Waals surface area contributed by atoms with Gasteiger partial charge in [0.25, 0.3) is 5.91 Å². The van der Waals surface area contributed by atoms with Crippen LogP contribution in [0.4, 0.5) is 0 Å². The summed E-state index contributed by atoms with van der Waals surface area (Å²) in [5, 5.41) is 0. The van der Waals surface area contributed by atoms with E-state index in [1.165, 1.54) is 11.1 Å². The molecule has 1 saturated heterocycles. The molecule has 0 bridgehead atoms. The Morgan fingerprint density at radius 1 is 1.04 bits per heavy atom. The summed E-state index contributed by atoms with van der Waals surface area (Å²) < 4.78 is 0. The number of hydrogen-bond donors (Lipinski definition) is 1. The minimum Gasteiger partial charge on any atom is -0.366 e. The molecule has 24 heavy (non-hydrogen) atoms. The molecule has 2 aromatic rings. The molecule has 4 nitrogen and oxygen atoms in total. The maximum absolute atomic E-state index is 12.8. The van der Waals surface area contributed by atoms with E-state index < -0.39 is 5.91 Å². The first-order valence-corrected chi connectivity index (χ1v) is 8.23. The van der Waals surface area contributed by atoms with Gasteiger partial charge < -0.3 is 10.6 Å². The molecule has 0 saturated carbocycles. The fourth-order valence-corrected chi connectivity index (χ4v) is 3.53. The molecule has 0 aliphatic carbocycles. The molecule has 1 fully saturated rings. The summed E-state index contributed by atoms with van der Waals surface area (Å²) in [6, 6.07) is 15.1. The van der Waals surface area contributed by atoms with E-state index >= 15 is 0 Å². The summed E-state index contributed by atoms with van der Waals surface area (Å²) in [4.78, 5) is 25.9. The molecule has 2 unspecified atom stereocenters. The second-order valence-electron chi connectivity index (χ2n) is 6.54. The van der Waals surface area contributed by atoms with Crippen molar-refractivity contribution in [2.24, 2.45) is 5.73 Å². The average Bonchev–Trinajstić information content (AvgIpc) is 2.96. The lowest BCUT2D eigenvalue weighted by Crippen LogP contribution is -2.34. The molecule has 2 amide bonds. The van der Waals surface area contributed by atoms with Gasteiger partial charge in [0.1, 0.15) is 0 Å². The van der Waals surface area contributed by atoms with Gasteiger partial charge in [0, 0.05) is 29.6 Å². The van der Waals surface area contributed by atoms with E-state index in [2.05, 4.69) is 32.0 Å².